The van der Waals surface area contributed by atoms with Crippen molar-refractivity contribution in [3.8, 4) is 5.69 Å². The Kier molecular flexibility index (Phi) is 3.58. The molecule has 21 heavy (non-hydrogen) atoms. The molecule has 0 fully saturated rings. The summed E-state index contributed by atoms with van der Waals surface area (Å²) >= 11 is 6.11. The van der Waals surface area contributed by atoms with Gasteiger partial charge in [0.25, 0.3) is 0 Å². The lowest BCUT2D eigenvalue weighted by Crippen LogP contribution is -2.02. The fraction of sp³-hybridized carbons (Fsp3) is 0.133. The van der Waals surface area contributed by atoms with E-state index in [-0.39, 0.29) is 0 Å². The molecule has 0 bridgehead atoms. The highest BCUT2D eigenvalue weighted by molar-refractivity contribution is 6.31. The van der Waals surface area contributed by atoms with Crippen LogP contribution in [-0.2, 0) is 0 Å². The number of rotatable bonds is 3. The van der Waals surface area contributed by atoms with Gasteiger partial charge in [-0.1, -0.05) is 11.6 Å². The second-order valence-electron chi connectivity index (χ2n) is 4.71. The molecule has 5 nitrogen and oxygen atoms in total. The Labute approximate surface area is 127 Å². The number of nitrogens with zero attached hydrogens (tertiary/aromatic N) is 4. The highest BCUT2D eigenvalue weighted by atomic mass is 35.5. The van der Waals surface area contributed by atoms with E-state index in [1.54, 1.807) is 11.0 Å². The van der Waals surface area contributed by atoms with E-state index in [2.05, 4.69) is 20.4 Å². The second kappa shape index (κ2) is 5.54. The number of anilines is 2. The smallest absolute Gasteiger partial charge is 0.138 e. The number of nitrogens with one attached hydrogen (secondary N) is 1. The van der Waals surface area contributed by atoms with Crippen LogP contribution < -0.4 is 5.32 Å². The zero-order valence-corrected chi connectivity index (χ0v) is 12.5. The molecule has 0 aliphatic heterocycles. The summed E-state index contributed by atoms with van der Waals surface area (Å²) in [4.78, 5) is 8.43. The summed E-state index contributed by atoms with van der Waals surface area (Å²) in [5.74, 6) is 0. The zero-order chi connectivity index (χ0) is 14.8. The highest BCUT2D eigenvalue weighted by Crippen LogP contribution is 2.28. The average molecular weight is 300 g/mol. The fourth-order valence-corrected chi connectivity index (χ4v) is 2.28. The molecular formula is C15H14ClN5. The summed E-state index contributed by atoms with van der Waals surface area (Å²) in [5, 5.41) is 8.18. The highest BCUT2D eigenvalue weighted by Gasteiger charge is 2.08. The molecule has 6 heteroatoms. The van der Waals surface area contributed by atoms with Gasteiger partial charge in [-0.15, -0.1) is 0 Å². The van der Waals surface area contributed by atoms with Crippen LogP contribution in [0.2, 0.25) is 5.02 Å². The van der Waals surface area contributed by atoms with Gasteiger partial charge in [0.1, 0.15) is 12.7 Å². The molecule has 0 aliphatic carbocycles. The van der Waals surface area contributed by atoms with Crippen LogP contribution in [0.1, 0.15) is 11.4 Å². The third kappa shape index (κ3) is 2.87. The third-order valence-corrected chi connectivity index (χ3v) is 3.35. The van der Waals surface area contributed by atoms with Crippen LogP contribution in [0.4, 0.5) is 11.4 Å². The fourth-order valence-electron chi connectivity index (χ4n) is 2.10. The first-order chi connectivity index (χ1) is 10.1. The first-order valence-corrected chi connectivity index (χ1v) is 6.87. The van der Waals surface area contributed by atoms with Crippen LogP contribution in [0.15, 0.2) is 43.0 Å². The van der Waals surface area contributed by atoms with E-state index in [9.17, 15) is 0 Å². The molecule has 3 rings (SSSR count). The van der Waals surface area contributed by atoms with Gasteiger partial charge in [-0.25, -0.2) is 9.67 Å². The maximum absolute atomic E-state index is 6.11. The minimum atomic E-state index is 0.652. The summed E-state index contributed by atoms with van der Waals surface area (Å²) in [7, 11) is 0. The first kappa shape index (κ1) is 13.6. The van der Waals surface area contributed by atoms with Gasteiger partial charge in [-0.05, 0) is 44.2 Å². The van der Waals surface area contributed by atoms with E-state index >= 15 is 0 Å². The lowest BCUT2D eigenvalue weighted by atomic mass is 10.2. The van der Waals surface area contributed by atoms with Crippen molar-refractivity contribution in [1.29, 1.82) is 0 Å². The van der Waals surface area contributed by atoms with Crippen LogP contribution >= 0.6 is 11.6 Å². The summed E-state index contributed by atoms with van der Waals surface area (Å²) in [6.45, 7) is 3.94. The molecule has 0 aliphatic rings. The molecule has 1 N–H and O–H groups in total. The van der Waals surface area contributed by atoms with Crippen molar-refractivity contribution in [3.05, 3.63) is 59.4 Å². The maximum atomic E-state index is 6.11. The Bertz CT molecular complexity index is 768. The number of halogens is 1. The third-order valence-electron chi connectivity index (χ3n) is 3.12. The second-order valence-corrected chi connectivity index (χ2v) is 5.15. The Morgan fingerprint density at radius 3 is 2.67 bits per heavy atom. The molecule has 3 aromatic rings. The summed E-state index contributed by atoms with van der Waals surface area (Å²) < 4.78 is 1.69. The molecule has 0 amide bonds. The summed E-state index contributed by atoms with van der Waals surface area (Å²) in [6, 6.07) is 9.55. The van der Waals surface area contributed by atoms with Gasteiger partial charge in [0.05, 0.1) is 22.8 Å². The van der Waals surface area contributed by atoms with Crippen molar-refractivity contribution in [2.45, 2.75) is 13.8 Å². The van der Waals surface area contributed by atoms with Gasteiger partial charge in [-0.2, -0.15) is 5.10 Å². The number of benzene rings is 1. The molecule has 2 aromatic heterocycles. The SMILES string of the molecule is Cc1ccc(Nc2cc(Cl)ccc2-n2cncn2)c(C)n1. The van der Waals surface area contributed by atoms with Crippen molar-refractivity contribution in [1.82, 2.24) is 19.7 Å². The molecule has 0 atom stereocenters. The quantitative estimate of drug-likeness (QED) is 0.801. The van der Waals surface area contributed by atoms with Crippen LogP contribution in [-0.4, -0.2) is 19.7 Å². The van der Waals surface area contributed by atoms with E-state index in [0.29, 0.717) is 5.02 Å². The van der Waals surface area contributed by atoms with E-state index in [1.807, 2.05) is 44.2 Å². The number of hydrogen-bond acceptors (Lipinski definition) is 4. The van der Waals surface area contributed by atoms with Crippen molar-refractivity contribution in [2.24, 2.45) is 0 Å². The Morgan fingerprint density at radius 2 is 1.95 bits per heavy atom. The average Bonchev–Trinajstić information content (AvgIpc) is 2.96. The van der Waals surface area contributed by atoms with Gasteiger partial charge in [0.2, 0.25) is 0 Å². The first-order valence-electron chi connectivity index (χ1n) is 6.49. The van der Waals surface area contributed by atoms with E-state index in [4.69, 9.17) is 11.6 Å². The zero-order valence-electron chi connectivity index (χ0n) is 11.7. The standard InChI is InChI=1S/C15H14ClN5/c1-10-3-5-13(11(2)19-10)20-14-7-12(16)4-6-15(14)21-9-17-8-18-21/h3-9,20H,1-2H3. The topological polar surface area (TPSA) is 55.6 Å². The van der Waals surface area contributed by atoms with Crippen LogP contribution in [0.5, 0.6) is 0 Å². The maximum Gasteiger partial charge on any atom is 0.138 e. The molecule has 0 unspecified atom stereocenters. The molecule has 106 valence electrons. The van der Waals surface area contributed by atoms with Crippen molar-refractivity contribution >= 4 is 23.0 Å². The van der Waals surface area contributed by atoms with E-state index in [1.165, 1.54) is 6.33 Å². The Morgan fingerprint density at radius 1 is 1.10 bits per heavy atom. The van der Waals surface area contributed by atoms with Crippen LogP contribution in [0.3, 0.4) is 0 Å². The largest absolute Gasteiger partial charge is 0.352 e. The van der Waals surface area contributed by atoms with Gasteiger partial charge in [-0.3, -0.25) is 4.98 Å². The van der Waals surface area contributed by atoms with Crippen LogP contribution in [0.25, 0.3) is 5.69 Å². The van der Waals surface area contributed by atoms with Gasteiger partial charge in [0, 0.05) is 10.7 Å². The summed E-state index contributed by atoms with van der Waals surface area (Å²) in [5.41, 5.74) is 4.57. The lowest BCUT2D eigenvalue weighted by Gasteiger charge is -2.14. The minimum absolute atomic E-state index is 0.652. The monoisotopic (exact) mass is 299 g/mol. The normalized spacial score (nSPS) is 10.6. The Hall–Kier alpha value is -2.40. The molecule has 0 radical (unpaired) electrons. The van der Waals surface area contributed by atoms with Gasteiger partial charge in [0.15, 0.2) is 0 Å². The molecule has 0 spiro atoms. The predicted octanol–water partition coefficient (Wildman–Crippen LogP) is 3.68. The molecule has 0 saturated heterocycles. The number of pyridine rings is 1. The molecule has 2 heterocycles. The molecular weight excluding hydrogens is 286 g/mol. The predicted molar refractivity (Wildman–Crippen MR) is 83.4 cm³/mol. The Balaban J connectivity index is 2.03. The van der Waals surface area contributed by atoms with E-state index in [0.717, 1.165) is 28.5 Å². The molecule has 1 aromatic carbocycles. The van der Waals surface area contributed by atoms with Crippen molar-refractivity contribution in [3.63, 3.8) is 0 Å². The lowest BCUT2D eigenvalue weighted by molar-refractivity contribution is 0.880. The van der Waals surface area contributed by atoms with Crippen molar-refractivity contribution in [2.75, 3.05) is 5.32 Å². The van der Waals surface area contributed by atoms with Crippen LogP contribution in [0, 0.1) is 13.8 Å². The van der Waals surface area contributed by atoms with Gasteiger partial charge < -0.3 is 5.32 Å². The number of hydrogen-bond donors (Lipinski definition) is 1. The number of aromatic nitrogens is 4. The van der Waals surface area contributed by atoms with E-state index < -0.39 is 0 Å². The minimum Gasteiger partial charge on any atom is -0.352 e. The van der Waals surface area contributed by atoms with Gasteiger partial charge >= 0.3 is 0 Å². The molecule has 0 saturated carbocycles. The number of aryl methyl sites for hydroxylation is 2. The summed E-state index contributed by atoms with van der Waals surface area (Å²) in [6.07, 6.45) is 3.14. The van der Waals surface area contributed by atoms with Crippen molar-refractivity contribution < 1.29 is 0 Å².